The fourth-order valence-corrected chi connectivity index (χ4v) is 3.92. The molecule has 0 bridgehead atoms. The van der Waals surface area contributed by atoms with Crippen molar-refractivity contribution in [2.45, 2.75) is 18.2 Å². The van der Waals surface area contributed by atoms with Crippen molar-refractivity contribution in [3.05, 3.63) is 29.8 Å². The summed E-state index contributed by atoms with van der Waals surface area (Å²) in [5.74, 6) is -1.11. The number of aromatic carboxylic acids is 1. The zero-order chi connectivity index (χ0) is 17.7. The van der Waals surface area contributed by atoms with E-state index in [1.54, 1.807) is 6.92 Å². The van der Waals surface area contributed by atoms with Crippen LogP contribution in [0.15, 0.2) is 29.2 Å². The topological polar surface area (TPSA) is 104 Å². The van der Waals surface area contributed by atoms with Gasteiger partial charge in [0.05, 0.1) is 17.1 Å². The summed E-state index contributed by atoms with van der Waals surface area (Å²) >= 11 is 0. The van der Waals surface area contributed by atoms with Crippen LogP contribution in [0.5, 0.6) is 0 Å². The molecule has 0 unspecified atom stereocenters. The highest BCUT2D eigenvalue weighted by atomic mass is 32.2. The lowest BCUT2D eigenvalue weighted by molar-refractivity contribution is 0.0696. The summed E-state index contributed by atoms with van der Waals surface area (Å²) in [5.41, 5.74) is 0.0262. The van der Waals surface area contributed by atoms with Crippen LogP contribution in [0, 0.1) is 0 Å². The molecule has 1 heterocycles. The van der Waals surface area contributed by atoms with E-state index in [4.69, 9.17) is 9.84 Å². The SMILES string of the molecule is CCOC(=O)N1CCCN(S(=O)(=O)c2ccc(C(=O)O)cc2)CC1. The zero-order valence-electron chi connectivity index (χ0n) is 13.3. The Kier molecular flexibility index (Phi) is 5.79. The van der Waals surface area contributed by atoms with E-state index in [1.165, 1.54) is 33.5 Å². The molecule has 0 spiro atoms. The molecule has 1 aromatic carbocycles. The number of carbonyl (C=O) groups excluding carboxylic acids is 1. The molecule has 1 aliphatic rings. The Morgan fingerprint density at radius 3 is 2.38 bits per heavy atom. The van der Waals surface area contributed by atoms with Crippen LogP contribution in [-0.2, 0) is 14.8 Å². The maximum Gasteiger partial charge on any atom is 0.409 e. The third kappa shape index (κ3) is 4.04. The molecule has 9 heteroatoms. The summed E-state index contributed by atoms with van der Waals surface area (Å²) in [6.45, 7) is 3.13. The van der Waals surface area contributed by atoms with E-state index in [1.807, 2.05) is 0 Å². The van der Waals surface area contributed by atoms with Gasteiger partial charge in [-0.3, -0.25) is 0 Å². The molecule has 24 heavy (non-hydrogen) atoms. The summed E-state index contributed by atoms with van der Waals surface area (Å²) in [4.78, 5) is 24.1. The first kappa shape index (κ1) is 18.2. The minimum Gasteiger partial charge on any atom is -0.478 e. The molecule has 1 fully saturated rings. The van der Waals surface area contributed by atoms with Gasteiger partial charge < -0.3 is 14.7 Å². The van der Waals surface area contributed by atoms with Crippen molar-refractivity contribution >= 4 is 22.1 Å². The number of hydrogen-bond donors (Lipinski definition) is 1. The fraction of sp³-hybridized carbons (Fsp3) is 0.467. The molecule has 0 aliphatic carbocycles. The lowest BCUT2D eigenvalue weighted by atomic mass is 10.2. The summed E-state index contributed by atoms with van der Waals surface area (Å²) in [6.07, 6.45) is 0.0631. The van der Waals surface area contributed by atoms with Crippen LogP contribution in [-0.4, -0.2) is 67.6 Å². The van der Waals surface area contributed by atoms with E-state index in [2.05, 4.69) is 0 Å². The molecule has 8 nitrogen and oxygen atoms in total. The number of hydrogen-bond acceptors (Lipinski definition) is 5. The Labute approximate surface area is 140 Å². The van der Waals surface area contributed by atoms with E-state index in [-0.39, 0.29) is 30.2 Å². The van der Waals surface area contributed by atoms with Gasteiger partial charge in [0, 0.05) is 26.2 Å². The third-order valence-corrected chi connectivity index (χ3v) is 5.63. The van der Waals surface area contributed by atoms with Crippen molar-refractivity contribution in [3.63, 3.8) is 0 Å². The molecule has 0 aromatic heterocycles. The van der Waals surface area contributed by atoms with Crippen LogP contribution in [0.3, 0.4) is 0 Å². The predicted molar refractivity (Wildman–Crippen MR) is 85.4 cm³/mol. The summed E-state index contributed by atoms with van der Waals surface area (Å²) < 4.78 is 31.6. The van der Waals surface area contributed by atoms with E-state index in [0.717, 1.165) is 0 Å². The van der Waals surface area contributed by atoms with Crippen LogP contribution in [0.4, 0.5) is 4.79 Å². The molecule has 0 atom stereocenters. The molecule has 0 radical (unpaired) electrons. The summed E-state index contributed by atoms with van der Waals surface area (Å²) in [6, 6.07) is 5.09. The minimum atomic E-state index is -3.73. The number of sulfonamides is 1. The van der Waals surface area contributed by atoms with Crippen molar-refractivity contribution in [1.29, 1.82) is 0 Å². The van der Waals surface area contributed by atoms with Gasteiger partial charge in [0.25, 0.3) is 0 Å². The number of carboxylic acids is 1. The van der Waals surface area contributed by atoms with Gasteiger partial charge in [-0.15, -0.1) is 0 Å². The Morgan fingerprint density at radius 2 is 1.79 bits per heavy atom. The van der Waals surface area contributed by atoms with Crippen molar-refractivity contribution < 1.29 is 27.9 Å². The number of carboxylic acid groups (broad SMARTS) is 1. The lowest BCUT2D eigenvalue weighted by Crippen LogP contribution is -2.37. The van der Waals surface area contributed by atoms with Crippen molar-refractivity contribution in [2.75, 3.05) is 32.8 Å². The van der Waals surface area contributed by atoms with Crippen molar-refractivity contribution in [2.24, 2.45) is 0 Å². The maximum atomic E-state index is 12.7. The maximum absolute atomic E-state index is 12.7. The first-order chi connectivity index (χ1) is 11.4. The Balaban J connectivity index is 2.12. The quantitative estimate of drug-likeness (QED) is 0.870. The predicted octanol–water partition coefficient (Wildman–Crippen LogP) is 1.24. The molecule has 0 saturated carbocycles. The van der Waals surface area contributed by atoms with Gasteiger partial charge in [0.2, 0.25) is 10.0 Å². The Morgan fingerprint density at radius 1 is 1.12 bits per heavy atom. The number of nitrogens with zero attached hydrogens (tertiary/aromatic N) is 2. The Bertz CT molecular complexity index is 701. The molecule has 132 valence electrons. The highest BCUT2D eigenvalue weighted by Crippen LogP contribution is 2.18. The molecular weight excluding hydrogens is 336 g/mol. The number of carbonyl (C=O) groups is 2. The Hall–Kier alpha value is -2.13. The number of rotatable bonds is 4. The second-order valence-electron chi connectivity index (χ2n) is 5.27. The molecule has 2 rings (SSSR count). The second-order valence-corrected chi connectivity index (χ2v) is 7.21. The summed E-state index contributed by atoms with van der Waals surface area (Å²) in [5, 5.41) is 8.88. The molecule has 1 amide bonds. The molecule has 1 saturated heterocycles. The third-order valence-electron chi connectivity index (χ3n) is 3.72. The average molecular weight is 356 g/mol. The van der Waals surface area contributed by atoms with Gasteiger partial charge in [-0.25, -0.2) is 18.0 Å². The highest BCUT2D eigenvalue weighted by molar-refractivity contribution is 7.89. The average Bonchev–Trinajstić information content (AvgIpc) is 2.81. The number of amides is 1. The number of benzene rings is 1. The van der Waals surface area contributed by atoms with Gasteiger partial charge in [-0.1, -0.05) is 0 Å². The minimum absolute atomic E-state index is 0.0262. The van der Waals surface area contributed by atoms with Crippen LogP contribution in [0.1, 0.15) is 23.7 Å². The van der Waals surface area contributed by atoms with Gasteiger partial charge in [-0.05, 0) is 37.6 Å². The number of ether oxygens (including phenoxy) is 1. The molecule has 1 aromatic rings. The van der Waals surface area contributed by atoms with Crippen molar-refractivity contribution in [3.8, 4) is 0 Å². The van der Waals surface area contributed by atoms with Crippen LogP contribution < -0.4 is 0 Å². The standard InChI is InChI=1S/C15H20N2O6S/c1-2-23-15(20)16-8-3-9-17(11-10-16)24(21,22)13-6-4-12(5-7-13)14(18)19/h4-7H,2-3,8-11H2,1H3,(H,18,19). The lowest BCUT2D eigenvalue weighted by Gasteiger charge is -2.21. The van der Waals surface area contributed by atoms with Gasteiger partial charge in [-0.2, -0.15) is 4.31 Å². The van der Waals surface area contributed by atoms with Crippen LogP contribution >= 0.6 is 0 Å². The van der Waals surface area contributed by atoms with Gasteiger partial charge >= 0.3 is 12.1 Å². The summed E-state index contributed by atoms with van der Waals surface area (Å²) in [7, 11) is -3.73. The first-order valence-electron chi connectivity index (χ1n) is 7.61. The van der Waals surface area contributed by atoms with Crippen LogP contribution in [0.2, 0.25) is 0 Å². The van der Waals surface area contributed by atoms with E-state index < -0.39 is 22.1 Å². The van der Waals surface area contributed by atoms with Gasteiger partial charge in [0.15, 0.2) is 0 Å². The van der Waals surface area contributed by atoms with E-state index in [0.29, 0.717) is 19.5 Å². The zero-order valence-corrected chi connectivity index (χ0v) is 14.2. The highest BCUT2D eigenvalue weighted by Gasteiger charge is 2.28. The van der Waals surface area contributed by atoms with Crippen LogP contribution in [0.25, 0.3) is 0 Å². The monoisotopic (exact) mass is 356 g/mol. The smallest absolute Gasteiger partial charge is 0.409 e. The normalized spacial score (nSPS) is 16.5. The molecule has 1 aliphatic heterocycles. The fourth-order valence-electron chi connectivity index (χ4n) is 2.45. The van der Waals surface area contributed by atoms with E-state index >= 15 is 0 Å². The van der Waals surface area contributed by atoms with Crippen molar-refractivity contribution in [1.82, 2.24) is 9.21 Å². The second kappa shape index (κ2) is 7.63. The first-order valence-corrected chi connectivity index (χ1v) is 9.05. The molecule has 1 N–H and O–H groups in total. The molecular formula is C15H20N2O6S. The van der Waals surface area contributed by atoms with E-state index in [9.17, 15) is 18.0 Å². The largest absolute Gasteiger partial charge is 0.478 e. The van der Waals surface area contributed by atoms with Gasteiger partial charge in [0.1, 0.15) is 0 Å².